The average molecular weight is 283 g/mol. The highest BCUT2D eigenvalue weighted by Gasteiger charge is 2.19. The molecule has 19 heavy (non-hydrogen) atoms. The van der Waals surface area contributed by atoms with Gasteiger partial charge in [0.05, 0.1) is 5.02 Å². The van der Waals surface area contributed by atoms with Gasteiger partial charge < -0.3 is 14.8 Å². The molecule has 1 saturated heterocycles. The smallest absolute Gasteiger partial charge is 0.179 e. The number of hydrogen-bond donors (Lipinski definition) is 1. The molecule has 0 aliphatic carbocycles. The second-order valence-corrected chi connectivity index (χ2v) is 5.60. The van der Waals surface area contributed by atoms with Gasteiger partial charge in [-0.25, -0.2) is 0 Å². The molecule has 1 N–H and O–H groups in total. The summed E-state index contributed by atoms with van der Waals surface area (Å²) < 4.78 is 11.2. The summed E-state index contributed by atoms with van der Waals surface area (Å²) in [7, 11) is 0. The van der Waals surface area contributed by atoms with Gasteiger partial charge in [-0.3, -0.25) is 4.90 Å². The van der Waals surface area contributed by atoms with Crippen molar-refractivity contribution in [2.75, 3.05) is 32.8 Å². The van der Waals surface area contributed by atoms with E-state index in [2.05, 4.69) is 17.1 Å². The third kappa shape index (κ3) is 2.96. The Kier molecular flexibility index (Phi) is 3.82. The maximum Gasteiger partial charge on any atom is 0.179 e. The summed E-state index contributed by atoms with van der Waals surface area (Å²) in [5.41, 5.74) is 1.18. The molecule has 0 amide bonds. The first-order valence-corrected chi connectivity index (χ1v) is 7.14. The van der Waals surface area contributed by atoms with Gasteiger partial charge in [-0.05, 0) is 24.6 Å². The van der Waals surface area contributed by atoms with Gasteiger partial charge in [-0.2, -0.15) is 0 Å². The van der Waals surface area contributed by atoms with Gasteiger partial charge in [0, 0.05) is 32.2 Å². The number of nitrogens with zero attached hydrogens (tertiary/aromatic N) is 1. The number of ether oxygens (including phenoxy) is 2. The van der Waals surface area contributed by atoms with E-state index >= 15 is 0 Å². The first kappa shape index (κ1) is 13.0. The summed E-state index contributed by atoms with van der Waals surface area (Å²) in [5.74, 6) is 1.46. The Morgan fingerprint density at radius 1 is 1.37 bits per heavy atom. The first-order chi connectivity index (χ1) is 9.22. The Bertz CT molecular complexity index is 467. The van der Waals surface area contributed by atoms with E-state index < -0.39 is 0 Å². The largest absolute Gasteiger partial charge is 0.486 e. The van der Waals surface area contributed by atoms with E-state index in [-0.39, 0.29) is 0 Å². The summed E-state index contributed by atoms with van der Waals surface area (Å²) >= 11 is 6.26. The number of nitrogens with one attached hydrogen (secondary N) is 1. The molecule has 2 aliphatic heterocycles. The van der Waals surface area contributed by atoms with Crippen LogP contribution in [0.3, 0.4) is 0 Å². The molecule has 4 nitrogen and oxygen atoms in total. The van der Waals surface area contributed by atoms with Gasteiger partial charge in [0.1, 0.15) is 13.2 Å². The Hall–Kier alpha value is -0.970. The number of hydrogen-bond acceptors (Lipinski definition) is 4. The number of benzene rings is 1. The molecular weight excluding hydrogens is 264 g/mol. The van der Waals surface area contributed by atoms with Crippen LogP contribution in [0.2, 0.25) is 5.02 Å². The fourth-order valence-electron chi connectivity index (χ4n) is 2.67. The maximum atomic E-state index is 6.26. The van der Waals surface area contributed by atoms with Crippen LogP contribution in [0.25, 0.3) is 0 Å². The van der Waals surface area contributed by atoms with E-state index in [1.54, 1.807) is 0 Å². The van der Waals surface area contributed by atoms with Crippen LogP contribution in [0.4, 0.5) is 0 Å². The minimum atomic E-state index is 0.543. The lowest BCUT2D eigenvalue weighted by Gasteiger charge is -2.32. The molecule has 1 aromatic carbocycles. The second kappa shape index (κ2) is 5.57. The molecule has 5 heteroatoms. The predicted molar refractivity (Wildman–Crippen MR) is 75.2 cm³/mol. The molecule has 1 aromatic rings. The zero-order valence-electron chi connectivity index (χ0n) is 11.1. The van der Waals surface area contributed by atoms with E-state index in [4.69, 9.17) is 21.1 Å². The lowest BCUT2D eigenvalue weighted by atomic mass is 10.1. The van der Waals surface area contributed by atoms with E-state index in [1.807, 2.05) is 12.1 Å². The average Bonchev–Trinajstić information content (AvgIpc) is 2.39. The SMILES string of the molecule is C[C@@H]1CN(Cc2cc(Cl)c3c(c2)OCCO3)CCN1. The van der Waals surface area contributed by atoms with Crippen molar-refractivity contribution in [1.82, 2.24) is 10.2 Å². The highest BCUT2D eigenvalue weighted by atomic mass is 35.5. The van der Waals surface area contributed by atoms with Crippen LogP contribution in [-0.2, 0) is 6.54 Å². The molecule has 0 aromatic heterocycles. The van der Waals surface area contributed by atoms with Crippen molar-refractivity contribution in [3.05, 3.63) is 22.7 Å². The normalized spacial score (nSPS) is 23.4. The molecule has 2 heterocycles. The molecule has 2 aliphatic rings. The van der Waals surface area contributed by atoms with Crippen LogP contribution in [0.1, 0.15) is 12.5 Å². The first-order valence-electron chi connectivity index (χ1n) is 6.76. The summed E-state index contributed by atoms with van der Waals surface area (Å²) in [6.07, 6.45) is 0. The molecule has 1 atom stereocenters. The van der Waals surface area contributed by atoms with Gasteiger partial charge in [0.25, 0.3) is 0 Å². The minimum absolute atomic E-state index is 0.543. The number of piperazine rings is 1. The van der Waals surface area contributed by atoms with E-state index in [0.29, 0.717) is 30.0 Å². The molecule has 3 rings (SSSR count). The van der Waals surface area contributed by atoms with Crippen molar-refractivity contribution in [1.29, 1.82) is 0 Å². The van der Waals surface area contributed by atoms with Crippen LogP contribution in [-0.4, -0.2) is 43.8 Å². The van der Waals surface area contributed by atoms with Crippen LogP contribution in [0, 0.1) is 0 Å². The summed E-state index contributed by atoms with van der Waals surface area (Å²) in [6, 6.07) is 4.58. The Labute approximate surface area is 118 Å². The quantitative estimate of drug-likeness (QED) is 0.898. The minimum Gasteiger partial charge on any atom is -0.486 e. The lowest BCUT2D eigenvalue weighted by molar-refractivity contribution is 0.170. The van der Waals surface area contributed by atoms with Gasteiger partial charge >= 0.3 is 0 Å². The predicted octanol–water partition coefficient (Wildman–Crippen LogP) is 1.90. The van der Waals surface area contributed by atoms with Gasteiger partial charge in [-0.15, -0.1) is 0 Å². The third-order valence-corrected chi connectivity index (χ3v) is 3.80. The molecule has 0 radical (unpaired) electrons. The molecule has 0 unspecified atom stereocenters. The van der Waals surface area contributed by atoms with E-state index in [9.17, 15) is 0 Å². The van der Waals surface area contributed by atoms with Crippen molar-refractivity contribution in [3.8, 4) is 11.5 Å². The summed E-state index contributed by atoms with van der Waals surface area (Å²) in [6.45, 7) is 7.45. The fourth-order valence-corrected chi connectivity index (χ4v) is 2.96. The van der Waals surface area contributed by atoms with E-state index in [1.165, 1.54) is 5.56 Å². The number of halogens is 1. The zero-order valence-corrected chi connectivity index (χ0v) is 11.9. The maximum absolute atomic E-state index is 6.26. The Morgan fingerprint density at radius 2 is 2.21 bits per heavy atom. The third-order valence-electron chi connectivity index (χ3n) is 3.52. The molecule has 1 fully saturated rings. The second-order valence-electron chi connectivity index (χ2n) is 5.19. The van der Waals surface area contributed by atoms with Crippen molar-refractivity contribution >= 4 is 11.6 Å². The summed E-state index contributed by atoms with van der Waals surface area (Å²) in [5, 5.41) is 4.10. The molecule has 104 valence electrons. The van der Waals surface area contributed by atoms with Gasteiger partial charge in [-0.1, -0.05) is 11.6 Å². The van der Waals surface area contributed by atoms with Crippen molar-refractivity contribution < 1.29 is 9.47 Å². The summed E-state index contributed by atoms with van der Waals surface area (Å²) in [4.78, 5) is 2.43. The highest BCUT2D eigenvalue weighted by Crippen LogP contribution is 2.38. The Morgan fingerprint density at radius 3 is 3.05 bits per heavy atom. The van der Waals surface area contributed by atoms with Gasteiger partial charge in [0.15, 0.2) is 11.5 Å². The number of rotatable bonds is 2. The Balaban J connectivity index is 1.76. The standard InChI is InChI=1S/C14H19ClN2O2/c1-10-8-17(3-2-16-10)9-11-6-12(15)14-13(7-11)18-4-5-19-14/h6-7,10,16H,2-5,8-9H2,1H3/t10-/m1/s1. The van der Waals surface area contributed by atoms with Gasteiger partial charge in [0.2, 0.25) is 0 Å². The van der Waals surface area contributed by atoms with Crippen LogP contribution < -0.4 is 14.8 Å². The molecule has 0 spiro atoms. The topological polar surface area (TPSA) is 33.7 Å². The van der Waals surface area contributed by atoms with Crippen molar-refractivity contribution in [2.24, 2.45) is 0 Å². The van der Waals surface area contributed by atoms with Crippen LogP contribution in [0.5, 0.6) is 11.5 Å². The molecule has 0 saturated carbocycles. The molecular formula is C14H19ClN2O2. The lowest BCUT2D eigenvalue weighted by Crippen LogP contribution is -2.48. The van der Waals surface area contributed by atoms with Crippen LogP contribution >= 0.6 is 11.6 Å². The highest BCUT2D eigenvalue weighted by molar-refractivity contribution is 6.32. The monoisotopic (exact) mass is 282 g/mol. The fraction of sp³-hybridized carbons (Fsp3) is 0.571. The van der Waals surface area contributed by atoms with Crippen molar-refractivity contribution in [2.45, 2.75) is 19.5 Å². The zero-order chi connectivity index (χ0) is 13.2. The van der Waals surface area contributed by atoms with Crippen molar-refractivity contribution in [3.63, 3.8) is 0 Å². The van der Waals surface area contributed by atoms with E-state index in [0.717, 1.165) is 31.9 Å². The molecule has 0 bridgehead atoms. The number of fused-ring (bicyclic) bond motifs is 1. The van der Waals surface area contributed by atoms with Crippen LogP contribution in [0.15, 0.2) is 12.1 Å².